The summed E-state index contributed by atoms with van der Waals surface area (Å²) in [6, 6.07) is 5.32. The van der Waals surface area contributed by atoms with Crippen molar-refractivity contribution in [3.8, 4) is 11.5 Å². The van der Waals surface area contributed by atoms with Crippen molar-refractivity contribution in [3.63, 3.8) is 0 Å². The molecule has 0 fully saturated rings. The van der Waals surface area contributed by atoms with Gasteiger partial charge in [0.05, 0.1) is 5.69 Å². The Morgan fingerprint density at radius 2 is 1.89 bits per heavy atom. The van der Waals surface area contributed by atoms with E-state index in [1.54, 1.807) is 6.92 Å². The number of pyridine rings is 1. The van der Waals surface area contributed by atoms with Gasteiger partial charge in [0.2, 0.25) is 11.8 Å². The molecule has 8 heteroatoms. The van der Waals surface area contributed by atoms with Crippen molar-refractivity contribution in [2.24, 2.45) is 0 Å². The second-order valence-corrected chi connectivity index (χ2v) is 7.00. The third-order valence-electron chi connectivity index (χ3n) is 5.23. The number of hydrogen-bond acceptors (Lipinski definition) is 4. The van der Waals surface area contributed by atoms with Crippen molar-refractivity contribution in [2.45, 2.75) is 32.1 Å². The van der Waals surface area contributed by atoms with E-state index in [1.807, 2.05) is 22.7 Å². The molecule has 0 aliphatic heterocycles. The van der Waals surface area contributed by atoms with Gasteiger partial charge in [-0.25, -0.2) is 18.2 Å². The van der Waals surface area contributed by atoms with E-state index in [9.17, 15) is 13.2 Å². The first kappa shape index (κ1) is 17.0. The number of imidazole rings is 1. The van der Waals surface area contributed by atoms with Gasteiger partial charge in [-0.2, -0.15) is 0 Å². The van der Waals surface area contributed by atoms with E-state index >= 15 is 0 Å². The van der Waals surface area contributed by atoms with Crippen molar-refractivity contribution in [1.82, 2.24) is 19.6 Å². The largest absolute Gasteiger partial charge is 0.421 e. The Morgan fingerprint density at radius 1 is 1.07 bits per heavy atom. The molecule has 0 amide bonds. The zero-order valence-corrected chi connectivity index (χ0v) is 14.9. The zero-order chi connectivity index (χ0) is 19.4. The fraction of sp³-hybridized carbons (Fsp3) is 0.250. The van der Waals surface area contributed by atoms with Crippen molar-refractivity contribution >= 4 is 5.65 Å². The molecule has 0 bridgehead atoms. The maximum absolute atomic E-state index is 14.2. The van der Waals surface area contributed by atoms with E-state index in [1.165, 1.54) is 0 Å². The first-order chi connectivity index (χ1) is 13.5. The van der Waals surface area contributed by atoms with Crippen LogP contribution in [0.3, 0.4) is 0 Å². The van der Waals surface area contributed by atoms with Crippen LogP contribution in [0, 0.1) is 24.4 Å². The standard InChI is InChI=1S/C20H15F3N4O/c1-10-25-26-20(28-10)12-4-5-27-18-3-2-11(6-17(18)24-19(27)7-12)13-8-15(22)16(23)9-14(13)21/h4-5,7-9,11H,2-3,6H2,1H3. The number of halogens is 3. The molecule has 0 spiro atoms. The van der Waals surface area contributed by atoms with Gasteiger partial charge in [-0.05, 0) is 48.9 Å². The maximum atomic E-state index is 14.2. The predicted octanol–water partition coefficient (Wildman–Crippen LogP) is 4.38. The summed E-state index contributed by atoms with van der Waals surface area (Å²) in [6.07, 6.45) is 3.66. The third-order valence-corrected chi connectivity index (χ3v) is 5.23. The summed E-state index contributed by atoms with van der Waals surface area (Å²) in [5, 5.41) is 7.86. The molecular weight excluding hydrogens is 369 g/mol. The van der Waals surface area contributed by atoms with Crippen LogP contribution in [0.15, 0.2) is 34.9 Å². The molecule has 3 aromatic heterocycles. The second-order valence-electron chi connectivity index (χ2n) is 7.00. The van der Waals surface area contributed by atoms with E-state index in [2.05, 4.69) is 15.2 Å². The number of aromatic nitrogens is 4. The molecule has 0 N–H and O–H groups in total. The molecule has 5 rings (SSSR count). The van der Waals surface area contributed by atoms with Gasteiger partial charge in [0, 0.05) is 30.4 Å². The molecule has 1 aromatic carbocycles. The highest BCUT2D eigenvalue weighted by Crippen LogP contribution is 2.35. The lowest BCUT2D eigenvalue weighted by atomic mass is 9.84. The van der Waals surface area contributed by atoms with Crippen LogP contribution in [-0.2, 0) is 12.8 Å². The quantitative estimate of drug-likeness (QED) is 0.481. The van der Waals surface area contributed by atoms with Gasteiger partial charge in [-0.1, -0.05) is 0 Å². The smallest absolute Gasteiger partial charge is 0.247 e. The van der Waals surface area contributed by atoms with Crippen molar-refractivity contribution in [2.75, 3.05) is 0 Å². The molecular formula is C20H15F3N4O. The maximum Gasteiger partial charge on any atom is 0.247 e. The lowest BCUT2D eigenvalue weighted by Crippen LogP contribution is -2.15. The average molecular weight is 384 g/mol. The fourth-order valence-electron chi connectivity index (χ4n) is 3.88. The van der Waals surface area contributed by atoms with Crippen LogP contribution in [0.5, 0.6) is 0 Å². The minimum Gasteiger partial charge on any atom is -0.421 e. The van der Waals surface area contributed by atoms with E-state index in [4.69, 9.17) is 4.42 Å². The lowest BCUT2D eigenvalue weighted by Gasteiger charge is -2.22. The molecule has 1 aliphatic rings. The van der Waals surface area contributed by atoms with Crippen LogP contribution in [-0.4, -0.2) is 19.6 Å². The number of benzene rings is 1. The SMILES string of the molecule is Cc1nnc(-c2ccn3c4c(nc3c2)CC(c2cc(F)c(F)cc2F)CC4)o1. The Labute approximate surface area is 157 Å². The summed E-state index contributed by atoms with van der Waals surface area (Å²) < 4.78 is 48.5. The second kappa shape index (κ2) is 6.19. The lowest BCUT2D eigenvalue weighted by molar-refractivity contribution is 0.473. The van der Waals surface area contributed by atoms with Crippen molar-refractivity contribution < 1.29 is 17.6 Å². The van der Waals surface area contributed by atoms with Gasteiger partial charge in [-0.3, -0.25) is 0 Å². The molecule has 1 atom stereocenters. The minimum absolute atomic E-state index is 0.198. The normalized spacial score (nSPS) is 16.5. The van der Waals surface area contributed by atoms with Gasteiger partial charge < -0.3 is 8.82 Å². The number of fused-ring (bicyclic) bond motifs is 3. The molecule has 142 valence electrons. The fourth-order valence-corrected chi connectivity index (χ4v) is 3.88. The number of aryl methyl sites for hydroxylation is 2. The van der Waals surface area contributed by atoms with Crippen LogP contribution >= 0.6 is 0 Å². The first-order valence-electron chi connectivity index (χ1n) is 8.94. The molecule has 4 aromatic rings. The minimum atomic E-state index is -1.17. The molecule has 0 saturated heterocycles. The van der Waals surface area contributed by atoms with Crippen LogP contribution in [0.1, 0.15) is 35.2 Å². The molecule has 28 heavy (non-hydrogen) atoms. The molecule has 0 saturated carbocycles. The van der Waals surface area contributed by atoms with Gasteiger partial charge >= 0.3 is 0 Å². The first-order valence-corrected chi connectivity index (χ1v) is 8.94. The monoisotopic (exact) mass is 384 g/mol. The van der Waals surface area contributed by atoms with Crippen LogP contribution in [0.2, 0.25) is 0 Å². The highest BCUT2D eigenvalue weighted by Gasteiger charge is 2.27. The Balaban J connectivity index is 1.51. The van der Waals surface area contributed by atoms with Gasteiger partial charge in [0.25, 0.3) is 0 Å². The van der Waals surface area contributed by atoms with E-state index < -0.39 is 17.5 Å². The topological polar surface area (TPSA) is 56.2 Å². The third kappa shape index (κ3) is 2.67. The molecule has 0 radical (unpaired) electrons. The van der Waals surface area contributed by atoms with Crippen molar-refractivity contribution in [1.29, 1.82) is 0 Å². The van der Waals surface area contributed by atoms with Gasteiger partial charge in [-0.15, -0.1) is 10.2 Å². The predicted molar refractivity (Wildman–Crippen MR) is 94.3 cm³/mol. The van der Waals surface area contributed by atoms with E-state index in [-0.39, 0.29) is 11.5 Å². The van der Waals surface area contributed by atoms with E-state index in [0.717, 1.165) is 28.7 Å². The summed E-state index contributed by atoms with van der Waals surface area (Å²) in [6.45, 7) is 1.72. The summed E-state index contributed by atoms with van der Waals surface area (Å²) in [7, 11) is 0. The van der Waals surface area contributed by atoms with E-state index in [0.29, 0.717) is 37.1 Å². The average Bonchev–Trinajstić information content (AvgIpc) is 3.26. The van der Waals surface area contributed by atoms with Gasteiger partial charge in [0.15, 0.2) is 11.6 Å². The Bertz CT molecular complexity index is 1210. The Morgan fingerprint density at radius 3 is 2.68 bits per heavy atom. The number of rotatable bonds is 2. The van der Waals surface area contributed by atoms with Gasteiger partial charge in [0.1, 0.15) is 11.5 Å². The molecule has 1 aliphatic carbocycles. The van der Waals surface area contributed by atoms with Crippen LogP contribution in [0.4, 0.5) is 13.2 Å². The summed E-state index contributed by atoms with van der Waals surface area (Å²) in [5.41, 5.74) is 3.56. The number of hydrogen-bond donors (Lipinski definition) is 0. The highest BCUT2D eigenvalue weighted by molar-refractivity contribution is 5.61. The molecule has 3 heterocycles. The highest BCUT2D eigenvalue weighted by atomic mass is 19.2. The molecule has 5 nitrogen and oxygen atoms in total. The number of nitrogens with zero attached hydrogens (tertiary/aromatic N) is 4. The van der Waals surface area contributed by atoms with Crippen LogP contribution < -0.4 is 0 Å². The Kier molecular flexibility index (Phi) is 3.75. The molecule has 1 unspecified atom stereocenters. The van der Waals surface area contributed by atoms with Crippen LogP contribution in [0.25, 0.3) is 17.1 Å². The summed E-state index contributed by atoms with van der Waals surface area (Å²) in [4.78, 5) is 4.67. The Hall–Kier alpha value is -3.16. The zero-order valence-electron chi connectivity index (χ0n) is 14.9. The van der Waals surface area contributed by atoms with Crippen molar-refractivity contribution in [3.05, 3.63) is 70.8 Å². The summed E-state index contributed by atoms with van der Waals surface area (Å²) in [5.74, 6) is -2.27. The summed E-state index contributed by atoms with van der Waals surface area (Å²) >= 11 is 0.